The minimum absolute atomic E-state index is 0.137. The minimum atomic E-state index is -3.62. The third-order valence-corrected chi connectivity index (χ3v) is 5.24. The molecule has 20 heavy (non-hydrogen) atoms. The van der Waals surface area contributed by atoms with Crippen LogP contribution in [0.3, 0.4) is 0 Å². The van der Waals surface area contributed by atoms with E-state index in [-0.39, 0.29) is 19.6 Å². The van der Waals surface area contributed by atoms with E-state index < -0.39 is 22.2 Å². The van der Waals surface area contributed by atoms with Crippen molar-refractivity contribution in [3.8, 4) is 0 Å². The highest BCUT2D eigenvalue weighted by atomic mass is 32.2. The van der Waals surface area contributed by atoms with E-state index in [1.54, 1.807) is 0 Å². The van der Waals surface area contributed by atoms with Gasteiger partial charge >= 0.3 is 5.97 Å². The van der Waals surface area contributed by atoms with Crippen molar-refractivity contribution in [1.29, 1.82) is 0 Å². The summed E-state index contributed by atoms with van der Waals surface area (Å²) >= 11 is 0. The molecule has 1 aliphatic heterocycles. The summed E-state index contributed by atoms with van der Waals surface area (Å²) in [7, 11) is -3.62. The summed E-state index contributed by atoms with van der Waals surface area (Å²) < 4.78 is 33.3. The van der Waals surface area contributed by atoms with Gasteiger partial charge in [0.05, 0.1) is 25.7 Å². The Balaban J connectivity index is 2.92. The Bertz CT molecular complexity index is 406. The lowest BCUT2D eigenvalue weighted by molar-refractivity contribution is -0.139. The molecule has 0 amide bonds. The zero-order valence-corrected chi connectivity index (χ0v) is 12.9. The second kappa shape index (κ2) is 7.92. The molecule has 0 saturated carbocycles. The van der Waals surface area contributed by atoms with Crippen molar-refractivity contribution in [1.82, 2.24) is 8.61 Å². The van der Waals surface area contributed by atoms with Crippen LogP contribution >= 0.6 is 0 Å². The van der Waals surface area contributed by atoms with Crippen LogP contribution in [-0.4, -0.2) is 67.0 Å². The number of hydrogen-bond acceptors (Lipinski definition) is 4. The van der Waals surface area contributed by atoms with Crippen molar-refractivity contribution >= 4 is 16.2 Å². The van der Waals surface area contributed by atoms with E-state index in [9.17, 15) is 13.2 Å². The van der Waals surface area contributed by atoms with Gasteiger partial charge in [-0.3, -0.25) is 4.79 Å². The quantitative estimate of drug-likeness (QED) is 0.707. The minimum Gasteiger partial charge on any atom is -0.481 e. The number of carbonyl (C=O) groups is 1. The molecule has 1 unspecified atom stereocenters. The smallest absolute Gasteiger partial charge is 0.305 e. The molecule has 7 nitrogen and oxygen atoms in total. The Morgan fingerprint density at radius 1 is 1.35 bits per heavy atom. The van der Waals surface area contributed by atoms with Crippen molar-refractivity contribution < 1.29 is 23.1 Å². The fourth-order valence-corrected chi connectivity index (χ4v) is 4.24. The second-order valence-corrected chi connectivity index (χ2v) is 6.73. The number of carboxylic acid groups (broad SMARTS) is 1. The molecule has 1 saturated heterocycles. The standard InChI is InChI=1S/C12H24N2O5S/c1-3-5-13(6-4-2)20(17,18)14-7-8-19-10-11(14)9-12(15)16/h11H,3-10H2,1-2H3,(H,15,16). The number of morpholine rings is 1. The van der Waals surface area contributed by atoms with E-state index in [0.717, 1.165) is 12.8 Å². The molecule has 1 atom stereocenters. The van der Waals surface area contributed by atoms with Gasteiger partial charge in [0.15, 0.2) is 0 Å². The van der Waals surface area contributed by atoms with Gasteiger partial charge in [0.25, 0.3) is 10.2 Å². The average molecular weight is 308 g/mol. The second-order valence-electron chi connectivity index (χ2n) is 4.84. The van der Waals surface area contributed by atoms with Gasteiger partial charge in [0.1, 0.15) is 0 Å². The van der Waals surface area contributed by atoms with Gasteiger partial charge in [-0.05, 0) is 12.8 Å². The van der Waals surface area contributed by atoms with Gasteiger partial charge in [0, 0.05) is 19.6 Å². The lowest BCUT2D eigenvalue weighted by atomic mass is 10.2. The first-order chi connectivity index (χ1) is 9.43. The number of carboxylic acids is 1. The molecule has 0 spiro atoms. The molecule has 118 valence electrons. The predicted molar refractivity (Wildman–Crippen MR) is 74.6 cm³/mol. The van der Waals surface area contributed by atoms with Crippen LogP contribution in [0.5, 0.6) is 0 Å². The van der Waals surface area contributed by atoms with E-state index in [0.29, 0.717) is 19.7 Å². The van der Waals surface area contributed by atoms with Crippen LogP contribution in [-0.2, 0) is 19.7 Å². The van der Waals surface area contributed by atoms with Crippen molar-refractivity contribution in [2.45, 2.75) is 39.2 Å². The Morgan fingerprint density at radius 2 is 1.95 bits per heavy atom. The van der Waals surface area contributed by atoms with E-state index in [2.05, 4.69) is 0 Å². The first kappa shape index (κ1) is 17.4. The highest BCUT2D eigenvalue weighted by Gasteiger charge is 2.37. The maximum atomic E-state index is 12.7. The van der Waals surface area contributed by atoms with Gasteiger partial charge in [-0.2, -0.15) is 17.0 Å². The fraction of sp³-hybridized carbons (Fsp3) is 0.917. The summed E-state index contributed by atoms with van der Waals surface area (Å²) in [6.07, 6.45) is 1.23. The van der Waals surface area contributed by atoms with Crippen molar-refractivity contribution in [3.05, 3.63) is 0 Å². The van der Waals surface area contributed by atoms with Gasteiger partial charge in [-0.15, -0.1) is 0 Å². The number of ether oxygens (including phenoxy) is 1. The Hall–Kier alpha value is -0.700. The monoisotopic (exact) mass is 308 g/mol. The highest BCUT2D eigenvalue weighted by Crippen LogP contribution is 2.19. The third-order valence-electron chi connectivity index (χ3n) is 3.15. The molecule has 1 N–H and O–H groups in total. The Kier molecular flexibility index (Phi) is 6.87. The maximum Gasteiger partial charge on any atom is 0.305 e. The van der Waals surface area contributed by atoms with Crippen LogP contribution in [0.4, 0.5) is 0 Å². The van der Waals surface area contributed by atoms with Crippen LogP contribution < -0.4 is 0 Å². The normalized spacial score (nSPS) is 21.2. The van der Waals surface area contributed by atoms with Gasteiger partial charge < -0.3 is 9.84 Å². The number of aliphatic carboxylic acids is 1. The van der Waals surface area contributed by atoms with Crippen molar-refractivity contribution in [3.63, 3.8) is 0 Å². The lowest BCUT2D eigenvalue weighted by Gasteiger charge is -2.37. The largest absolute Gasteiger partial charge is 0.481 e. The van der Waals surface area contributed by atoms with E-state index >= 15 is 0 Å². The topological polar surface area (TPSA) is 87.2 Å². The number of hydrogen-bond donors (Lipinski definition) is 1. The summed E-state index contributed by atoms with van der Waals surface area (Å²) in [5, 5.41) is 8.90. The van der Waals surface area contributed by atoms with E-state index in [1.807, 2.05) is 13.8 Å². The first-order valence-electron chi connectivity index (χ1n) is 6.99. The summed E-state index contributed by atoms with van der Waals surface area (Å²) in [5.74, 6) is -1.02. The fourth-order valence-electron chi connectivity index (χ4n) is 2.30. The molecule has 0 aromatic heterocycles. The zero-order chi connectivity index (χ0) is 15.2. The summed E-state index contributed by atoms with van der Waals surface area (Å²) in [6, 6.07) is -0.623. The van der Waals surface area contributed by atoms with Crippen LogP contribution in [0.2, 0.25) is 0 Å². The molecule has 0 aliphatic carbocycles. The molecule has 0 aromatic carbocycles. The Labute approximate surface area is 120 Å². The summed E-state index contributed by atoms with van der Waals surface area (Å²) in [6.45, 7) is 5.41. The summed E-state index contributed by atoms with van der Waals surface area (Å²) in [4.78, 5) is 10.9. The molecular weight excluding hydrogens is 284 g/mol. The molecule has 0 bridgehead atoms. The van der Waals surface area contributed by atoms with E-state index in [4.69, 9.17) is 9.84 Å². The van der Waals surface area contributed by atoms with Crippen molar-refractivity contribution in [2.75, 3.05) is 32.8 Å². The van der Waals surface area contributed by atoms with Crippen LogP contribution in [0.1, 0.15) is 33.1 Å². The van der Waals surface area contributed by atoms with Crippen LogP contribution in [0.25, 0.3) is 0 Å². The van der Waals surface area contributed by atoms with Gasteiger partial charge in [-0.1, -0.05) is 13.8 Å². The molecular formula is C12H24N2O5S. The van der Waals surface area contributed by atoms with Crippen LogP contribution in [0.15, 0.2) is 0 Å². The number of rotatable bonds is 8. The van der Waals surface area contributed by atoms with E-state index in [1.165, 1.54) is 8.61 Å². The first-order valence-corrected chi connectivity index (χ1v) is 8.39. The molecule has 0 radical (unpaired) electrons. The highest BCUT2D eigenvalue weighted by molar-refractivity contribution is 7.86. The lowest BCUT2D eigenvalue weighted by Crippen LogP contribution is -2.54. The maximum absolute atomic E-state index is 12.7. The molecule has 1 heterocycles. The SMILES string of the molecule is CCCN(CCC)S(=O)(=O)N1CCOCC1CC(=O)O. The van der Waals surface area contributed by atoms with Gasteiger partial charge in [0.2, 0.25) is 0 Å². The molecule has 1 fully saturated rings. The molecule has 1 aliphatic rings. The molecule has 0 aromatic rings. The third kappa shape index (κ3) is 4.41. The zero-order valence-electron chi connectivity index (χ0n) is 12.1. The predicted octanol–water partition coefficient (Wildman–Crippen LogP) is 0.529. The molecule has 1 rings (SSSR count). The summed E-state index contributed by atoms with van der Waals surface area (Å²) in [5.41, 5.74) is 0. The van der Waals surface area contributed by atoms with Gasteiger partial charge in [-0.25, -0.2) is 0 Å². The average Bonchev–Trinajstić information content (AvgIpc) is 2.38. The van der Waals surface area contributed by atoms with Crippen molar-refractivity contribution in [2.24, 2.45) is 0 Å². The number of nitrogens with zero attached hydrogens (tertiary/aromatic N) is 2. The van der Waals surface area contributed by atoms with Crippen LogP contribution in [0, 0.1) is 0 Å². The molecule has 8 heteroatoms. The Morgan fingerprint density at radius 3 is 2.45 bits per heavy atom.